The summed E-state index contributed by atoms with van der Waals surface area (Å²) in [6, 6.07) is 8.95. The van der Waals surface area contributed by atoms with Crippen molar-refractivity contribution in [3.05, 3.63) is 35.4 Å². The summed E-state index contributed by atoms with van der Waals surface area (Å²) in [5.41, 5.74) is 2.67. The standard InChI is InChI=1S/C28H50O4/c1-4-5-6-7-8-9-10-11-12-13-14-26(2)28-17-15-27(16-18-28)25-32-24-23-31-22-21-30-20-19-29-3/h15-18,26H,4-14,19-25H2,1-3H3. The van der Waals surface area contributed by atoms with Crippen molar-refractivity contribution in [1.29, 1.82) is 0 Å². The van der Waals surface area contributed by atoms with E-state index < -0.39 is 0 Å². The molecule has 32 heavy (non-hydrogen) atoms. The van der Waals surface area contributed by atoms with Crippen LogP contribution in [0, 0.1) is 0 Å². The summed E-state index contributed by atoms with van der Waals surface area (Å²) in [7, 11) is 1.67. The lowest BCUT2D eigenvalue weighted by Crippen LogP contribution is -2.11. The number of rotatable bonds is 23. The Balaban J connectivity index is 1.99. The second-order valence-corrected chi connectivity index (χ2v) is 8.88. The summed E-state index contributed by atoms with van der Waals surface area (Å²) >= 11 is 0. The fraction of sp³-hybridized carbons (Fsp3) is 0.786. The fourth-order valence-electron chi connectivity index (χ4n) is 3.82. The third-order valence-electron chi connectivity index (χ3n) is 5.98. The Morgan fingerprint density at radius 3 is 1.69 bits per heavy atom. The molecule has 0 saturated heterocycles. The van der Waals surface area contributed by atoms with Crippen molar-refractivity contribution in [3.63, 3.8) is 0 Å². The predicted octanol–water partition coefficient (Wildman–Crippen LogP) is 7.30. The van der Waals surface area contributed by atoms with E-state index in [1.807, 2.05) is 0 Å². The Bertz CT molecular complexity index is 503. The van der Waals surface area contributed by atoms with Crippen molar-refractivity contribution >= 4 is 0 Å². The first-order valence-electron chi connectivity index (χ1n) is 13.1. The molecule has 0 aliphatic carbocycles. The summed E-state index contributed by atoms with van der Waals surface area (Å²) in [6.07, 6.45) is 15.3. The topological polar surface area (TPSA) is 36.9 Å². The van der Waals surface area contributed by atoms with Gasteiger partial charge < -0.3 is 18.9 Å². The van der Waals surface area contributed by atoms with Gasteiger partial charge in [0, 0.05) is 7.11 Å². The minimum atomic E-state index is 0.596. The molecule has 0 aliphatic heterocycles. The molecule has 1 unspecified atom stereocenters. The van der Waals surface area contributed by atoms with Gasteiger partial charge in [0.25, 0.3) is 0 Å². The van der Waals surface area contributed by atoms with Crippen molar-refractivity contribution in [2.45, 2.75) is 97.0 Å². The highest BCUT2D eigenvalue weighted by Crippen LogP contribution is 2.23. The van der Waals surface area contributed by atoms with Crippen LogP contribution in [0.2, 0.25) is 0 Å². The Kier molecular flexibility index (Phi) is 19.9. The van der Waals surface area contributed by atoms with Crippen molar-refractivity contribution < 1.29 is 18.9 Å². The van der Waals surface area contributed by atoms with Crippen LogP contribution in [0.15, 0.2) is 24.3 Å². The van der Waals surface area contributed by atoms with E-state index in [4.69, 9.17) is 18.9 Å². The maximum absolute atomic E-state index is 5.72. The molecule has 1 aromatic carbocycles. The number of unbranched alkanes of at least 4 members (excludes halogenated alkanes) is 9. The molecule has 0 amide bonds. The number of benzene rings is 1. The molecule has 1 rings (SSSR count). The van der Waals surface area contributed by atoms with Crippen LogP contribution in [-0.4, -0.2) is 46.8 Å². The molecule has 4 nitrogen and oxygen atoms in total. The predicted molar refractivity (Wildman–Crippen MR) is 134 cm³/mol. The van der Waals surface area contributed by atoms with Crippen LogP contribution in [-0.2, 0) is 25.6 Å². The average molecular weight is 451 g/mol. The first-order valence-corrected chi connectivity index (χ1v) is 13.1. The molecule has 0 saturated carbocycles. The van der Waals surface area contributed by atoms with Crippen molar-refractivity contribution in [3.8, 4) is 0 Å². The summed E-state index contributed by atoms with van der Waals surface area (Å²) in [5, 5.41) is 0. The molecule has 0 fully saturated rings. The minimum absolute atomic E-state index is 0.596. The number of hydrogen-bond acceptors (Lipinski definition) is 4. The number of ether oxygens (including phenoxy) is 4. The molecule has 0 radical (unpaired) electrons. The highest BCUT2D eigenvalue weighted by Gasteiger charge is 2.05. The van der Waals surface area contributed by atoms with Gasteiger partial charge in [-0.05, 0) is 23.5 Å². The molecule has 1 aromatic rings. The van der Waals surface area contributed by atoms with Crippen molar-refractivity contribution in [1.82, 2.24) is 0 Å². The van der Waals surface area contributed by atoms with Gasteiger partial charge >= 0.3 is 0 Å². The number of methoxy groups -OCH3 is 1. The van der Waals surface area contributed by atoms with Crippen LogP contribution < -0.4 is 0 Å². The van der Waals surface area contributed by atoms with Gasteiger partial charge in [0.2, 0.25) is 0 Å². The lowest BCUT2D eigenvalue weighted by molar-refractivity contribution is 0.000867. The lowest BCUT2D eigenvalue weighted by atomic mass is 9.94. The molecule has 0 spiro atoms. The van der Waals surface area contributed by atoms with Gasteiger partial charge in [-0.2, -0.15) is 0 Å². The zero-order chi connectivity index (χ0) is 23.1. The van der Waals surface area contributed by atoms with E-state index in [0.717, 1.165) is 0 Å². The van der Waals surface area contributed by atoms with Crippen LogP contribution in [0.3, 0.4) is 0 Å². The van der Waals surface area contributed by atoms with Crippen molar-refractivity contribution in [2.24, 2.45) is 0 Å². The van der Waals surface area contributed by atoms with Crippen LogP contribution >= 0.6 is 0 Å². The highest BCUT2D eigenvalue weighted by atomic mass is 16.6. The lowest BCUT2D eigenvalue weighted by Gasteiger charge is -2.13. The Morgan fingerprint density at radius 2 is 1.12 bits per heavy atom. The van der Waals surface area contributed by atoms with Gasteiger partial charge in [0.1, 0.15) is 0 Å². The first-order chi connectivity index (χ1) is 15.8. The van der Waals surface area contributed by atoms with E-state index >= 15 is 0 Å². The van der Waals surface area contributed by atoms with E-state index in [-0.39, 0.29) is 0 Å². The summed E-state index contributed by atoms with van der Waals surface area (Å²) in [6.45, 7) is 8.92. The second-order valence-electron chi connectivity index (χ2n) is 8.88. The van der Waals surface area contributed by atoms with E-state index in [2.05, 4.69) is 38.1 Å². The second kappa shape index (κ2) is 21.9. The van der Waals surface area contributed by atoms with Gasteiger partial charge in [0.05, 0.1) is 46.2 Å². The van der Waals surface area contributed by atoms with E-state index in [1.165, 1.54) is 81.8 Å². The van der Waals surface area contributed by atoms with E-state index in [1.54, 1.807) is 7.11 Å². The molecule has 0 aromatic heterocycles. The molecular formula is C28H50O4. The molecule has 0 N–H and O–H groups in total. The average Bonchev–Trinajstić information content (AvgIpc) is 2.81. The minimum Gasteiger partial charge on any atom is -0.382 e. The smallest absolute Gasteiger partial charge is 0.0718 e. The first kappa shape index (κ1) is 29.1. The normalized spacial score (nSPS) is 12.3. The highest BCUT2D eigenvalue weighted by molar-refractivity contribution is 5.24. The molecule has 0 bridgehead atoms. The van der Waals surface area contributed by atoms with E-state index in [9.17, 15) is 0 Å². The third-order valence-corrected chi connectivity index (χ3v) is 5.98. The van der Waals surface area contributed by atoms with Crippen LogP contribution in [0.4, 0.5) is 0 Å². The molecule has 4 heteroatoms. The van der Waals surface area contributed by atoms with Gasteiger partial charge in [-0.1, -0.05) is 102 Å². The van der Waals surface area contributed by atoms with Gasteiger partial charge in [-0.15, -0.1) is 0 Å². The maximum atomic E-state index is 5.72. The maximum Gasteiger partial charge on any atom is 0.0718 e. The molecule has 186 valence electrons. The van der Waals surface area contributed by atoms with E-state index in [0.29, 0.717) is 52.2 Å². The number of hydrogen-bond donors (Lipinski definition) is 0. The zero-order valence-electron chi connectivity index (χ0n) is 21.2. The van der Waals surface area contributed by atoms with Crippen LogP contribution in [0.25, 0.3) is 0 Å². The summed E-state index contributed by atoms with van der Waals surface area (Å²) in [5.74, 6) is 0.638. The van der Waals surface area contributed by atoms with Crippen molar-refractivity contribution in [2.75, 3.05) is 46.8 Å². The van der Waals surface area contributed by atoms with Gasteiger partial charge in [-0.25, -0.2) is 0 Å². The Morgan fingerprint density at radius 1 is 0.625 bits per heavy atom. The van der Waals surface area contributed by atoms with Gasteiger partial charge in [0.15, 0.2) is 0 Å². The fourth-order valence-corrected chi connectivity index (χ4v) is 3.82. The molecule has 0 aliphatic rings. The molecule has 1 atom stereocenters. The SMILES string of the molecule is CCCCCCCCCCCCC(C)c1ccc(COCCOCCOCCOC)cc1. The Hall–Kier alpha value is -0.940. The van der Waals surface area contributed by atoms with Crippen LogP contribution in [0.1, 0.15) is 102 Å². The third kappa shape index (κ3) is 16.7. The zero-order valence-corrected chi connectivity index (χ0v) is 21.2. The largest absolute Gasteiger partial charge is 0.382 e. The summed E-state index contributed by atoms with van der Waals surface area (Å²) < 4.78 is 21.5. The quantitative estimate of drug-likeness (QED) is 0.164. The monoisotopic (exact) mass is 450 g/mol. The molecular weight excluding hydrogens is 400 g/mol. The van der Waals surface area contributed by atoms with Gasteiger partial charge in [-0.3, -0.25) is 0 Å². The Labute approximate surface area is 198 Å². The summed E-state index contributed by atoms with van der Waals surface area (Å²) in [4.78, 5) is 0. The van der Waals surface area contributed by atoms with Crippen LogP contribution in [0.5, 0.6) is 0 Å². The molecule has 0 heterocycles.